The topological polar surface area (TPSA) is 37.3 Å². The first-order valence-electron chi connectivity index (χ1n) is 5.02. The summed E-state index contributed by atoms with van der Waals surface area (Å²) in [6.45, 7) is 3.62. The van der Waals surface area contributed by atoms with Crippen LogP contribution in [0.25, 0.3) is 6.08 Å². The van der Waals surface area contributed by atoms with E-state index in [0.29, 0.717) is 21.2 Å². The number of hydrogen-bond donors (Lipinski definition) is 1. The van der Waals surface area contributed by atoms with Gasteiger partial charge in [-0.25, -0.2) is 0 Å². The van der Waals surface area contributed by atoms with Crippen LogP contribution in [-0.2, 0) is 4.79 Å². The zero-order valence-corrected chi connectivity index (χ0v) is 12.0. The second kappa shape index (κ2) is 4.61. The SMILES string of the molecule is C=Cc1cc([C@@H]2[C@@H](C(=O)O)C2(Cl)Cl)cc(Cl)c1Cl. The van der Waals surface area contributed by atoms with Crippen LogP contribution in [0.2, 0.25) is 10.0 Å². The average Bonchev–Trinajstić information content (AvgIpc) is 2.85. The van der Waals surface area contributed by atoms with Crippen LogP contribution in [0.1, 0.15) is 17.0 Å². The van der Waals surface area contributed by atoms with Gasteiger partial charge in [-0.15, -0.1) is 0 Å². The molecule has 2 rings (SSSR count). The van der Waals surface area contributed by atoms with Gasteiger partial charge in [0, 0.05) is 5.92 Å². The van der Waals surface area contributed by atoms with Gasteiger partial charge in [0.05, 0.1) is 16.0 Å². The minimum Gasteiger partial charge on any atom is -0.481 e. The van der Waals surface area contributed by atoms with Crippen molar-refractivity contribution in [3.8, 4) is 0 Å². The molecule has 0 radical (unpaired) electrons. The molecule has 1 aromatic carbocycles. The normalized spacial score (nSPS) is 24.7. The smallest absolute Gasteiger partial charge is 0.310 e. The van der Waals surface area contributed by atoms with Gasteiger partial charge >= 0.3 is 5.97 Å². The van der Waals surface area contributed by atoms with E-state index in [4.69, 9.17) is 51.5 Å². The molecule has 0 unspecified atom stereocenters. The van der Waals surface area contributed by atoms with Crippen molar-refractivity contribution in [3.63, 3.8) is 0 Å². The third-order valence-corrected chi connectivity index (χ3v) is 4.73. The van der Waals surface area contributed by atoms with E-state index in [1.165, 1.54) is 0 Å². The highest BCUT2D eigenvalue weighted by molar-refractivity contribution is 6.53. The zero-order valence-electron chi connectivity index (χ0n) is 8.96. The number of halogens is 4. The minimum atomic E-state index is -1.30. The third kappa shape index (κ3) is 2.12. The maximum absolute atomic E-state index is 11.0. The predicted octanol–water partition coefficient (Wildman–Crippen LogP) is 4.61. The zero-order chi connectivity index (χ0) is 13.7. The molecular weight excluding hydrogens is 318 g/mol. The molecule has 2 atom stereocenters. The largest absolute Gasteiger partial charge is 0.481 e. The molecule has 96 valence electrons. The quantitative estimate of drug-likeness (QED) is 0.824. The van der Waals surface area contributed by atoms with Crippen LogP contribution >= 0.6 is 46.4 Å². The van der Waals surface area contributed by atoms with Gasteiger partial charge in [0.25, 0.3) is 0 Å². The van der Waals surface area contributed by atoms with Crippen LogP contribution in [0, 0.1) is 5.92 Å². The summed E-state index contributed by atoms with van der Waals surface area (Å²) in [6, 6.07) is 3.29. The highest BCUT2D eigenvalue weighted by atomic mass is 35.5. The maximum Gasteiger partial charge on any atom is 0.310 e. The molecule has 0 bridgehead atoms. The fourth-order valence-electron chi connectivity index (χ4n) is 2.01. The average molecular weight is 326 g/mol. The van der Waals surface area contributed by atoms with E-state index >= 15 is 0 Å². The molecule has 0 spiro atoms. The first-order chi connectivity index (χ1) is 8.30. The standard InChI is InChI=1S/C12H8Cl4O2/c1-2-5-3-6(4-7(13)10(5)14)8-9(11(17)18)12(8,15)16/h2-4,8-9H,1H2,(H,17,18)/t8-,9+/m1/s1. The molecule has 6 heteroatoms. The van der Waals surface area contributed by atoms with Gasteiger partial charge in [-0.1, -0.05) is 59.1 Å². The third-order valence-electron chi connectivity index (χ3n) is 2.98. The summed E-state index contributed by atoms with van der Waals surface area (Å²) in [6.07, 6.45) is 1.54. The Morgan fingerprint density at radius 2 is 2.00 bits per heavy atom. The summed E-state index contributed by atoms with van der Waals surface area (Å²) in [5.74, 6) is -2.36. The monoisotopic (exact) mass is 324 g/mol. The minimum absolute atomic E-state index is 0.323. The number of benzene rings is 1. The van der Waals surface area contributed by atoms with E-state index in [9.17, 15) is 4.79 Å². The van der Waals surface area contributed by atoms with Crippen LogP contribution in [0.4, 0.5) is 0 Å². The first kappa shape index (κ1) is 14.0. The van der Waals surface area contributed by atoms with Crippen molar-refractivity contribution in [2.24, 2.45) is 5.92 Å². The fraction of sp³-hybridized carbons (Fsp3) is 0.250. The molecule has 1 N–H and O–H groups in total. The predicted molar refractivity (Wildman–Crippen MR) is 74.9 cm³/mol. The Morgan fingerprint density at radius 1 is 1.39 bits per heavy atom. The van der Waals surface area contributed by atoms with Gasteiger partial charge in [-0.3, -0.25) is 4.79 Å². The lowest BCUT2D eigenvalue weighted by Crippen LogP contribution is -2.03. The second-order valence-electron chi connectivity index (χ2n) is 4.08. The molecular formula is C12H8Cl4O2. The van der Waals surface area contributed by atoms with Crippen LogP contribution < -0.4 is 0 Å². The number of carboxylic acid groups (broad SMARTS) is 1. The second-order valence-corrected chi connectivity index (χ2v) is 6.31. The van der Waals surface area contributed by atoms with Gasteiger partial charge in [0.2, 0.25) is 0 Å². The highest BCUT2D eigenvalue weighted by Crippen LogP contribution is 2.65. The van der Waals surface area contributed by atoms with Gasteiger partial charge in [-0.2, -0.15) is 0 Å². The van der Waals surface area contributed by atoms with Crippen molar-refractivity contribution < 1.29 is 9.90 Å². The Labute approximate surface area is 124 Å². The number of hydrogen-bond acceptors (Lipinski definition) is 1. The van der Waals surface area contributed by atoms with Crippen molar-refractivity contribution in [3.05, 3.63) is 39.9 Å². The molecule has 0 amide bonds. The summed E-state index contributed by atoms with van der Waals surface area (Å²) in [4.78, 5) is 11.0. The Balaban J connectivity index is 2.45. The van der Waals surface area contributed by atoms with Crippen molar-refractivity contribution in [1.82, 2.24) is 0 Å². The molecule has 0 aliphatic heterocycles. The molecule has 1 aliphatic carbocycles. The Hall–Kier alpha value is -0.410. The van der Waals surface area contributed by atoms with E-state index in [1.54, 1.807) is 18.2 Å². The van der Waals surface area contributed by atoms with Gasteiger partial charge in [-0.05, 0) is 23.3 Å². The number of carboxylic acids is 1. The fourth-order valence-corrected chi connectivity index (χ4v) is 3.25. The van der Waals surface area contributed by atoms with Crippen molar-refractivity contribution >= 4 is 58.4 Å². The number of rotatable bonds is 3. The molecule has 1 fully saturated rings. The Kier molecular flexibility index (Phi) is 3.58. The summed E-state index contributed by atoms with van der Waals surface area (Å²) in [5, 5.41) is 9.72. The first-order valence-corrected chi connectivity index (χ1v) is 6.54. The highest BCUT2D eigenvalue weighted by Gasteiger charge is 2.68. The molecule has 1 aliphatic rings. The van der Waals surface area contributed by atoms with E-state index in [1.807, 2.05) is 0 Å². The summed E-state index contributed by atoms with van der Waals surface area (Å²) in [7, 11) is 0. The van der Waals surface area contributed by atoms with Crippen LogP contribution in [0.3, 0.4) is 0 Å². The van der Waals surface area contributed by atoms with Crippen molar-refractivity contribution in [2.45, 2.75) is 10.3 Å². The lowest BCUT2D eigenvalue weighted by Gasteiger charge is -2.06. The molecule has 2 nitrogen and oxygen atoms in total. The van der Waals surface area contributed by atoms with E-state index in [0.717, 1.165) is 0 Å². The van der Waals surface area contributed by atoms with E-state index in [-0.39, 0.29) is 0 Å². The van der Waals surface area contributed by atoms with Gasteiger partial charge in [0.1, 0.15) is 4.33 Å². The molecule has 1 saturated carbocycles. The molecule has 0 aromatic heterocycles. The van der Waals surface area contributed by atoms with Crippen LogP contribution in [0.15, 0.2) is 18.7 Å². The van der Waals surface area contributed by atoms with Crippen LogP contribution in [-0.4, -0.2) is 15.4 Å². The van der Waals surface area contributed by atoms with Gasteiger partial charge in [0.15, 0.2) is 0 Å². The van der Waals surface area contributed by atoms with Crippen molar-refractivity contribution in [1.29, 1.82) is 0 Å². The maximum atomic E-state index is 11.0. The number of carbonyl (C=O) groups is 1. The molecule has 0 heterocycles. The summed E-state index contributed by atoms with van der Waals surface area (Å²) >= 11 is 23.9. The molecule has 1 aromatic rings. The van der Waals surface area contributed by atoms with Crippen LogP contribution in [0.5, 0.6) is 0 Å². The summed E-state index contributed by atoms with van der Waals surface area (Å²) < 4.78 is -1.30. The Bertz CT molecular complexity index is 539. The number of alkyl halides is 2. The molecule has 18 heavy (non-hydrogen) atoms. The number of aliphatic carboxylic acids is 1. The Morgan fingerprint density at radius 3 is 2.44 bits per heavy atom. The van der Waals surface area contributed by atoms with E-state index in [2.05, 4.69) is 6.58 Å². The van der Waals surface area contributed by atoms with Gasteiger partial charge < -0.3 is 5.11 Å². The summed E-state index contributed by atoms with van der Waals surface area (Å²) in [5.41, 5.74) is 1.27. The van der Waals surface area contributed by atoms with Crippen molar-refractivity contribution in [2.75, 3.05) is 0 Å². The lowest BCUT2D eigenvalue weighted by molar-refractivity contribution is -0.138. The van der Waals surface area contributed by atoms with E-state index < -0.39 is 22.1 Å². The molecule has 0 saturated heterocycles. The lowest BCUT2D eigenvalue weighted by atomic mass is 10.1.